The maximum atomic E-state index is 10.4. The molecule has 18 heavy (non-hydrogen) atoms. The first-order valence-electron chi connectivity index (χ1n) is 5.67. The molecule has 1 aromatic carbocycles. The van der Waals surface area contributed by atoms with Crippen LogP contribution < -0.4 is 5.73 Å². The zero-order chi connectivity index (χ0) is 13.1. The minimum atomic E-state index is -0.652. The van der Waals surface area contributed by atoms with Crippen LogP contribution in [0.3, 0.4) is 0 Å². The number of aliphatic hydroxyl groups is 1. The summed E-state index contributed by atoms with van der Waals surface area (Å²) in [5.74, 6) is -0.125. The van der Waals surface area contributed by atoms with E-state index in [0.717, 1.165) is 15.0 Å². The van der Waals surface area contributed by atoms with Crippen LogP contribution in [-0.2, 0) is 0 Å². The van der Waals surface area contributed by atoms with Crippen molar-refractivity contribution >= 4 is 27.3 Å². The molecule has 1 heterocycles. The SMILES string of the molecule is Cc1nc(C(O)C(CN)c2ccc(Br)cc2)cs1. The molecule has 96 valence electrons. The Hall–Kier alpha value is -0.750. The van der Waals surface area contributed by atoms with Crippen LogP contribution in [0, 0.1) is 6.92 Å². The average molecular weight is 327 g/mol. The molecule has 0 saturated carbocycles. The molecule has 3 N–H and O–H groups in total. The average Bonchev–Trinajstić information content (AvgIpc) is 2.79. The number of aryl methyl sites for hydroxylation is 1. The van der Waals surface area contributed by atoms with Crippen LogP contribution in [0.5, 0.6) is 0 Å². The molecule has 5 heteroatoms. The summed E-state index contributed by atoms with van der Waals surface area (Å²) in [6.07, 6.45) is -0.652. The van der Waals surface area contributed by atoms with Gasteiger partial charge in [-0.3, -0.25) is 0 Å². The highest BCUT2D eigenvalue weighted by Crippen LogP contribution is 2.31. The predicted octanol–water partition coefficient (Wildman–Crippen LogP) is 2.99. The number of benzene rings is 1. The zero-order valence-electron chi connectivity index (χ0n) is 10.0. The zero-order valence-corrected chi connectivity index (χ0v) is 12.4. The smallest absolute Gasteiger partial charge is 0.105 e. The summed E-state index contributed by atoms with van der Waals surface area (Å²) in [5, 5.41) is 13.2. The van der Waals surface area contributed by atoms with Crippen molar-refractivity contribution in [3.8, 4) is 0 Å². The normalized spacial score (nSPS) is 14.4. The molecule has 0 spiro atoms. The van der Waals surface area contributed by atoms with Gasteiger partial charge in [0, 0.05) is 22.3 Å². The van der Waals surface area contributed by atoms with Gasteiger partial charge < -0.3 is 10.8 Å². The van der Waals surface area contributed by atoms with Crippen molar-refractivity contribution in [2.24, 2.45) is 5.73 Å². The molecule has 0 bridgehead atoms. The number of nitrogens with zero attached hydrogens (tertiary/aromatic N) is 1. The van der Waals surface area contributed by atoms with Gasteiger partial charge in [-0.05, 0) is 24.6 Å². The summed E-state index contributed by atoms with van der Waals surface area (Å²) < 4.78 is 1.01. The maximum absolute atomic E-state index is 10.4. The molecule has 0 radical (unpaired) electrons. The topological polar surface area (TPSA) is 59.1 Å². The van der Waals surface area contributed by atoms with E-state index in [4.69, 9.17) is 5.73 Å². The number of aliphatic hydroxyl groups excluding tert-OH is 1. The molecule has 2 rings (SSSR count). The molecule has 0 aliphatic heterocycles. The monoisotopic (exact) mass is 326 g/mol. The number of nitrogens with two attached hydrogens (primary N) is 1. The Balaban J connectivity index is 2.25. The predicted molar refractivity (Wildman–Crippen MR) is 77.7 cm³/mol. The lowest BCUT2D eigenvalue weighted by atomic mass is 9.92. The summed E-state index contributed by atoms with van der Waals surface area (Å²) in [6.45, 7) is 2.32. The Labute approximate surface area is 119 Å². The van der Waals surface area contributed by atoms with Crippen molar-refractivity contribution in [3.05, 3.63) is 50.4 Å². The van der Waals surface area contributed by atoms with Gasteiger partial charge in [0.1, 0.15) is 6.10 Å². The number of thiazole rings is 1. The fourth-order valence-corrected chi connectivity index (χ4v) is 2.79. The number of rotatable bonds is 4. The molecule has 0 amide bonds. The Morgan fingerprint density at radius 3 is 2.56 bits per heavy atom. The third kappa shape index (κ3) is 2.98. The molecule has 2 atom stereocenters. The lowest BCUT2D eigenvalue weighted by molar-refractivity contribution is 0.143. The van der Waals surface area contributed by atoms with Crippen LogP contribution in [0.25, 0.3) is 0 Å². The second-order valence-corrected chi connectivity index (χ2v) is 6.11. The largest absolute Gasteiger partial charge is 0.386 e. The highest BCUT2D eigenvalue weighted by molar-refractivity contribution is 9.10. The molecule has 0 fully saturated rings. The molecular weight excluding hydrogens is 312 g/mol. The second kappa shape index (κ2) is 5.93. The quantitative estimate of drug-likeness (QED) is 0.908. The third-order valence-electron chi connectivity index (χ3n) is 2.87. The second-order valence-electron chi connectivity index (χ2n) is 4.13. The van der Waals surface area contributed by atoms with Crippen LogP contribution >= 0.6 is 27.3 Å². The van der Waals surface area contributed by atoms with Gasteiger partial charge in [-0.1, -0.05) is 28.1 Å². The van der Waals surface area contributed by atoms with Gasteiger partial charge in [-0.25, -0.2) is 4.98 Å². The maximum Gasteiger partial charge on any atom is 0.105 e. The van der Waals surface area contributed by atoms with Crippen molar-refractivity contribution in [2.75, 3.05) is 6.54 Å². The first kappa shape index (κ1) is 13.7. The first-order chi connectivity index (χ1) is 8.61. The summed E-state index contributed by atoms with van der Waals surface area (Å²) in [4.78, 5) is 4.33. The number of aromatic nitrogens is 1. The van der Waals surface area contributed by atoms with Crippen LogP contribution in [-0.4, -0.2) is 16.6 Å². The first-order valence-corrected chi connectivity index (χ1v) is 7.34. The van der Waals surface area contributed by atoms with Gasteiger partial charge in [0.15, 0.2) is 0 Å². The summed E-state index contributed by atoms with van der Waals surface area (Å²) in [5.41, 5.74) is 7.52. The molecular formula is C13H15BrN2OS. The molecule has 2 aromatic rings. The molecule has 0 aliphatic carbocycles. The molecule has 1 aromatic heterocycles. The third-order valence-corrected chi connectivity index (χ3v) is 4.19. The van der Waals surface area contributed by atoms with Crippen LogP contribution in [0.4, 0.5) is 0 Å². The van der Waals surface area contributed by atoms with E-state index in [1.807, 2.05) is 36.6 Å². The van der Waals surface area contributed by atoms with Gasteiger partial charge in [0.05, 0.1) is 10.7 Å². The van der Waals surface area contributed by atoms with E-state index >= 15 is 0 Å². The van der Waals surface area contributed by atoms with Crippen molar-refractivity contribution in [1.82, 2.24) is 4.98 Å². The molecule has 0 saturated heterocycles. The number of halogens is 1. The van der Waals surface area contributed by atoms with Gasteiger partial charge in [0.2, 0.25) is 0 Å². The highest BCUT2D eigenvalue weighted by atomic mass is 79.9. The molecule has 0 aliphatic rings. The van der Waals surface area contributed by atoms with Crippen molar-refractivity contribution in [2.45, 2.75) is 18.9 Å². The van der Waals surface area contributed by atoms with E-state index in [1.165, 1.54) is 11.3 Å². The highest BCUT2D eigenvalue weighted by Gasteiger charge is 2.23. The van der Waals surface area contributed by atoms with Gasteiger partial charge in [-0.15, -0.1) is 11.3 Å². The lowest BCUT2D eigenvalue weighted by Gasteiger charge is -2.20. The van der Waals surface area contributed by atoms with Crippen molar-refractivity contribution in [3.63, 3.8) is 0 Å². The van der Waals surface area contributed by atoms with E-state index in [-0.39, 0.29) is 5.92 Å². The van der Waals surface area contributed by atoms with Crippen LogP contribution in [0.2, 0.25) is 0 Å². The minimum absolute atomic E-state index is 0.125. The lowest BCUT2D eigenvalue weighted by Crippen LogP contribution is -2.20. The van der Waals surface area contributed by atoms with Crippen LogP contribution in [0.1, 0.15) is 28.3 Å². The van der Waals surface area contributed by atoms with Crippen molar-refractivity contribution in [1.29, 1.82) is 0 Å². The Morgan fingerprint density at radius 1 is 1.39 bits per heavy atom. The molecule has 2 unspecified atom stereocenters. The van der Waals surface area contributed by atoms with E-state index in [9.17, 15) is 5.11 Å². The Kier molecular flexibility index (Phi) is 4.50. The minimum Gasteiger partial charge on any atom is -0.386 e. The van der Waals surface area contributed by atoms with E-state index in [1.54, 1.807) is 0 Å². The van der Waals surface area contributed by atoms with Gasteiger partial charge in [0.25, 0.3) is 0 Å². The van der Waals surface area contributed by atoms with Crippen molar-refractivity contribution < 1.29 is 5.11 Å². The van der Waals surface area contributed by atoms with Crippen LogP contribution in [0.15, 0.2) is 34.1 Å². The number of hydrogen-bond acceptors (Lipinski definition) is 4. The Morgan fingerprint density at radius 2 is 2.06 bits per heavy atom. The molecule has 3 nitrogen and oxygen atoms in total. The van der Waals surface area contributed by atoms with E-state index in [2.05, 4.69) is 20.9 Å². The van der Waals surface area contributed by atoms with E-state index < -0.39 is 6.10 Å². The summed E-state index contributed by atoms with van der Waals surface area (Å²) in [7, 11) is 0. The fraction of sp³-hybridized carbons (Fsp3) is 0.308. The van der Waals surface area contributed by atoms with Gasteiger partial charge in [-0.2, -0.15) is 0 Å². The fourth-order valence-electron chi connectivity index (χ4n) is 1.88. The summed E-state index contributed by atoms with van der Waals surface area (Å²) >= 11 is 4.94. The van der Waals surface area contributed by atoms with Gasteiger partial charge >= 0.3 is 0 Å². The number of hydrogen-bond donors (Lipinski definition) is 2. The van der Waals surface area contributed by atoms with E-state index in [0.29, 0.717) is 12.2 Å². The summed E-state index contributed by atoms with van der Waals surface area (Å²) in [6, 6.07) is 7.86. The standard InChI is InChI=1S/C13H15BrN2OS/c1-8-16-12(7-18-8)13(17)11(6-15)9-2-4-10(14)5-3-9/h2-5,7,11,13,17H,6,15H2,1H3. The Bertz CT molecular complexity index is 512.